The molecule has 0 unspecified atom stereocenters. The Hall–Kier alpha value is -1.39. The molecule has 19 heavy (non-hydrogen) atoms. The predicted octanol–water partition coefficient (Wildman–Crippen LogP) is 3.06. The number of aryl methyl sites for hydroxylation is 2. The van der Waals surface area contributed by atoms with Crippen molar-refractivity contribution in [2.75, 3.05) is 0 Å². The van der Waals surface area contributed by atoms with Gasteiger partial charge >= 0.3 is 0 Å². The quantitative estimate of drug-likeness (QED) is 0.913. The molecule has 0 saturated carbocycles. The second-order valence-corrected chi connectivity index (χ2v) is 4.90. The van der Waals surface area contributed by atoms with Gasteiger partial charge in [0.05, 0.1) is 5.69 Å². The highest BCUT2D eigenvalue weighted by molar-refractivity contribution is 6.30. The largest absolute Gasteiger partial charge is 0.308 e. The first kappa shape index (κ1) is 14.0. The summed E-state index contributed by atoms with van der Waals surface area (Å²) in [7, 11) is 1.90. The van der Waals surface area contributed by atoms with Gasteiger partial charge in [-0.3, -0.25) is 4.68 Å². The van der Waals surface area contributed by atoms with Crippen LogP contribution in [0.1, 0.15) is 23.7 Å². The van der Waals surface area contributed by atoms with E-state index in [1.54, 1.807) is 16.8 Å². The van der Waals surface area contributed by atoms with E-state index in [-0.39, 0.29) is 5.82 Å². The molecule has 102 valence electrons. The molecule has 2 rings (SSSR count). The number of halogens is 2. The van der Waals surface area contributed by atoms with Gasteiger partial charge in [-0.1, -0.05) is 24.6 Å². The Morgan fingerprint density at radius 3 is 2.74 bits per heavy atom. The number of aromatic nitrogens is 2. The van der Waals surface area contributed by atoms with E-state index in [1.165, 1.54) is 6.07 Å². The summed E-state index contributed by atoms with van der Waals surface area (Å²) in [5, 5.41) is 8.02. The van der Waals surface area contributed by atoms with Gasteiger partial charge in [-0.2, -0.15) is 5.10 Å². The highest BCUT2D eigenvalue weighted by Crippen LogP contribution is 2.14. The van der Waals surface area contributed by atoms with Crippen LogP contribution in [0.25, 0.3) is 0 Å². The summed E-state index contributed by atoms with van der Waals surface area (Å²) < 4.78 is 15.4. The molecule has 0 saturated heterocycles. The molecule has 0 bridgehead atoms. The molecule has 0 amide bonds. The summed E-state index contributed by atoms with van der Waals surface area (Å²) in [6, 6.07) is 4.73. The standard InChI is InChI=1S/C14H17ClFN3/c1-3-14-11(9-19(2)18-14)8-17-7-10-4-5-12(15)6-13(10)16/h4-6,9,17H,3,7-8H2,1-2H3. The van der Waals surface area contributed by atoms with Crippen LogP contribution >= 0.6 is 11.6 Å². The smallest absolute Gasteiger partial charge is 0.129 e. The first-order valence-corrected chi connectivity index (χ1v) is 6.64. The summed E-state index contributed by atoms with van der Waals surface area (Å²) >= 11 is 5.72. The summed E-state index contributed by atoms with van der Waals surface area (Å²) in [5.41, 5.74) is 2.84. The van der Waals surface area contributed by atoms with Gasteiger partial charge in [0.25, 0.3) is 0 Å². The molecular formula is C14H17ClFN3. The molecule has 2 aromatic rings. The molecule has 1 aromatic carbocycles. The summed E-state index contributed by atoms with van der Waals surface area (Å²) in [6.07, 6.45) is 2.89. The number of benzene rings is 1. The molecule has 0 aliphatic carbocycles. The Kier molecular flexibility index (Phi) is 4.56. The maximum Gasteiger partial charge on any atom is 0.129 e. The minimum Gasteiger partial charge on any atom is -0.308 e. The number of hydrogen-bond donors (Lipinski definition) is 1. The van der Waals surface area contributed by atoms with Crippen molar-refractivity contribution >= 4 is 11.6 Å². The third-order valence-corrected chi connectivity index (χ3v) is 3.21. The van der Waals surface area contributed by atoms with Crippen molar-refractivity contribution < 1.29 is 4.39 Å². The van der Waals surface area contributed by atoms with Gasteiger partial charge in [-0.25, -0.2) is 4.39 Å². The second-order valence-electron chi connectivity index (χ2n) is 4.47. The van der Waals surface area contributed by atoms with E-state index < -0.39 is 0 Å². The third-order valence-electron chi connectivity index (χ3n) is 2.97. The van der Waals surface area contributed by atoms with Crippen molar-refractivity contribution in [1.29, 1.82) is 0 Å². The lowest BCUT2D eigenvalue weighted by atomic mass is 10.2. The van der Waals surface area contributed by atoms with Gasteiger partial charge < -0.3 is 5.32 Å². The minimum absolute atomic E-state index is 0.276. The lowest BCUT2D eigenvalue weighted by molar-refractivity contribution is 0.587. The Balaban J connectivity index is 1.96. The summed E-state index contributed by atoms with van der Waals surface area (Å²) in [6.45, 7) is 3.23. The third kappa shape index (κ3) is 3.55. The predicted molar refractivity (Wildman–Crippen MR) is 74.5 cm³/mol. The van der Waals surface area contributed by atoms with Gasteiger partial charge in [0.1, 0.15) is 5.82 Å². The fourth-order valence-corrected chi connectivity index (χ4v) is 2.18. The van der Waals surface area contributed by atoms with E-state index in [1.807, 2.05) is 13.2 Å². The Morgan fingerprint density at radius 2 is 2.05 bits per heavy atom. The molecule has 0 aliphatic heterocycles. The van der Waals surface area contributed by atoms with Crippen LogP contribution in [0.2, 0.25) is 5.02 Å². The maximum absolute atomic E-state index is 13.6. The summed E-state index contributed by atoms with van der Waals surface area (Å²) in [5.74, 6) is -0.276. The first-order chi connectivity index (χ1) is 9.10. The zero-order valence-corrected chi connectivity index (χ0v) is 11.8. The van der Waals surface area contributed by atoms with Crippen LogP contribution in [-0.2, 0) is 26.6 Å². The van der Waals surface area contributed by atoms with Gasteiger partial charge in [0, 0.05) is 42.5 Å². The number of rotatable bonds is 5. The monoisotopic (exact) mass is 281 g/mol. The van der Waals surface area contributed by atoms with E-state index in [0.29, 0.717) is 23.7 Å². The van der Waals surface area contributed by atoms with Crippen molar-refractivity contribution in [3.63, 3.8) is 0 Å². The van der Waals surface area contributed by atoms with Crippen molar-refractivity contribution in [2.45, 2.75) is 26.4 Å². The molecule has 1 N–H and O–H groups in total. The maximum atomic E-state index is 13.6. The normalized spacial score (nSPS) is 10.9. The summed E-state index contributed by atoms with van der Waals surface area (Å²) in [4.78, 5) is 0. The molecule has 0 radical (unpaired) electrons. The fraction of sp³-hybridized carbons (Fsp3) is 0.357. The number of nitrogens with one attached hydrogen (secondary N) is 1. The second kappa shape index (κ2) is 6.17. The average Bonchev–Trinajstić information content (AvgIpc) is 2.72. The van der Waals surface area contributed by atoms with E-state index in [4.69, 9.17) is 11.6 Å². The Labute approximate surface area is 117 Å². The van der Waals surface area contributed by atoms with Gasteiger partial charge in [0.15, 0.2) is 0 Å². The van der Waals surface area contributed by atoms with Crippen LogP contribution in [-0.4, -0.2) is 9.78 Å². The minimum atomic E-state index is -0.276. The van der Waals surface area contributed by atoms with Gasteiger partial charge in [-0.05, 0) is 18.6 Å². The molecular weight excluding hydrogens is 265 g/mol. The Morgan fingerprint density at radius 1 is 1.32 bits per heavy atom. The molecule has 1 aromatic heterocycles. The fourth-order valence-electron chi connectivity index (χ4n) is 2.03. The van der Waals surface area contributed by atoms with Crippen LogP contribution in [0.4, 0.5) is 4.39 Å². The van der Waals surface area contributed by atoms with E-state index in [2.05, 4.69) is 17.3 Å². The zero-order chi connectivity index (χ0) is 13.8. The molecule has 5 heteroatoms. The SMILES string of the molecule is CCc1nn(C)cc1CNCc1ccc(Cl)cc1F. The van der Waals surface area contributed by atoms with Crippen molar-refractivity contribution in [2.24, 2.45) is 7.05 Å². The van der Waals surface area contributed by atoms with Crippen molar-refractivity contribution in [3.05, 3.63) is 52.1 Å². The number of nitrogens with zero attached hydrogens (tertiary/aromatic N) is 2. The van der Waals surface area contributed by atoms with Crippen LogP contribution in [0.5, 0.6) is 0 Å². The van der Waals surface area contributed by atoms with Crippen molar-refractivity contribution in [1.82, 2.24) is 15.1 Å². The van der Waals surface area contributed by atoms with Crippen LogP contribution < -0.4 is 5.32 Å². The topological polar surface area (TPSA) is 29.9 Å². The van der Waals surface area contributed by atoms with Gasteiger partial charge in [-0.15, -0.1) is 0 Å². The van der Waals surface area contributed by atoms with Crippen molar-refractivity contribution in [3.8, 4) is 0 Å². The highest BCUT2D eigenvalue weighted by Gasteiger charge is 2.06. The van der Waals surface area contributed by atoms with Gasteiger partial charge in [0.2, 0.25) is 0 Å². The molecule has 0 atom stereocenters. The van der Waals surface area contributed by atoms with Crippen LogP contribution in [0, 0.1) is 5.82 Å². The zero-order valence-electron chi connectivity index (χ0n) is 11.1. The molecule has 0 fully saturated rings. The Bertz CT molecular complexity index is 566. The molecule has 1 heterocycles. The van der Waals surface area contributed by atoms with Crippen LogP contribution in [0.15, 0.2) is 24.4 Å². The average molecular weight is 282 g/mol. The lowest BCUT2D eigenvalue weighted by Gasteiger charge is -2.06. The van der Waals surface area contributed by atoms with E-state index in [9.17, 15) is 4.39 Å². The van der Waals surface area contributed by atoms with Crippen LogP contribution in [0.3, 0.4) is 0 Å². The van der Waals surface area contributed by atoms with E-state index >= 15 is 0 Å². The lowest BCUT2D eigenvalue weighted by Crippen LogP contribution is -2.14. The van der Waals surface area contributed by atoms with E-state index in [0.717, 1.165) is 17.7 Å². The molecule has 0 aliphatic rings. The number of hydrogen-bond acceptors (Lipinski definition) is 2. The first-order valence-electron chi connectivity index (χ1n) is 6.26. The highest BCUT2D eigenvalue weighted by atomic mass is 35.5. The molecule has 0 spiro atoms. The molecule has 3 nitrogen and oxygen atoms in total.